The summed E-state index contributed by atoms with van der Waals surface area (Å²) in [6.45, 7) is 8.86. The molecule has 31 heavy (non-hydrogen) atoms. The minimum absolute atomic E-state index is 0.0322. The van der Waals surface area contributed by atoms with Crippen LogP contribution in [0.25, 0.3) is 0 Å². The van der Waals surface area contributed by atoms with E-state index in [4.69, 9.17) is 13.9 Å². The van der Waals surface area contributed by atoms with Gasteiger partial charge in [0.15, 0.2) is 23.0 Å². The van der Waals surface area contributed by atoms with Gasteiger partial charge >= 0.3 is 0 Å². The molecule has 3 aromatic rings. The van der Waals surface area contributed by atoms with Crippen molar-refractivity contribution in [3.05, 3.63) is 83.3 Å². The lowest BCUT2D eigenvalue weighted by molar-refractivity contribution is -0.973. The molecule has 162 valence electrons. The van der Waals surface area contributed by atoms with Crippen molar-refractivity contribution in [3.63, 3.8) is 0 Å². The van der Waals surface area contributed by atoms with Crippen LogP contribution in [-0.4, -0.2) is 18.2 Å². The van der Waals surface area contributed by atoms with Gasteiger partial charge < -0.3 is 24.1 Å². The van der Waals surface area contributed by atoms with Gasteiger partial charge in [-0.1, -0.05) is 36.4 Å². The summed E-state index contributed by atoms with van der Waals surface area (Å²) in [5.41, 5.74) is 2.25. The van der Waals surface area contributed by atoms with Gasteiger partial charge in [0.2, 0.25) is 6.79 Å². The summed E-state index contributed by atoms with van der Waals surface area (Å²) in [7, 11) is 0. The Kier molecular flexibility index (Phi) is 6.00. The van der Waals surface area contributed by atoms with Gasteiger partial charge in [-0.05, 0) is 50.6 Å². The Morgan fingerprint density at radius 2 is 1.71 bits per heavy atom. The Labute approximate surface area is 182 Å². The molecular formula is C25H29N2O4+. The molecule has 2 heterocycles. The van der Waals surface area contributed by atoms with Crippen molar-refractivity contribution in [1.82, 2.24) is 5.32 Å². The molecule has 0 bridgehead atoms. The van der Waals surface area contributed by atoms with Crippen molar-refractivity contribution in [2.75, 3.05) is 6.79 Å². The van der Waals surface area contributed by atoms with E-state index < -0.39 is 0 Å². The van der Waals surface area contributed by atoms with Gasteiger partial charge in [0.25, 0.3) is 5.91 Å². The Balaban J connectivity index is 1.37. The van der Waals surface area contributed by atoms with Gasteiger partial charge in [0, 0.05) is 12.1 Å². The molecule has 0 saturated heterocycles. The largest absolute Gasteiger partial charge is 0.454 e. The monoisotopic (exact) mass is 421 g/mol. The average Bonchev–Trinajstić information content (AvgIpc) is 3.41. The van der Waals surface area contributed by atoms with Crippen LogP contribution in [0.3, 0.4) is 0 Å². The van der Waals surface area contributed by atoms with Crippen molar-refractivity contribution in [2.24, 2.45) is 0 Å². The van der Waals surface area contributed by atoms with Gasteiger partial charge in [-0.15, -0.1) is 0 Å². The third-order valence-electron chi connectivity index (χ3n) is 5.48. The SMILES string of the molecule is CC(C)(C)[NH+](Cc1ccccc1)Cc1ccc(C(=O)NCc2ccc3c(c2)OCO3)o1. The van der Waals surface area contributed by atoms with Crippen LogP contribution < -0.4 is 19.7 Å². The Bertz CT molecular complexity index is 1040. The lowest BCUT2D eigenvalue weighted by Gasteiger charge is -2.31. The van der Waals surface area contributed by atoms with Gasteiger partial charge in [-0.25, -0.2) is 0 Å². The maximum Gasteiger partial charge on any atom is 0.287 e. The van der Waals surface area contributed by atoms with E-state index in [9.17, 15) is 4.79 Å². The fourth-order valence-corrected chi connectivity index (χ4v) is 3.56. The maximum absolute atomic E-state index is 12.6. The first kappa shape index (κ1) is 21.0. The molecule has 1 amide bonds. The highest BCUT2D eigenvalue weighted by Gasteiger charge is 2.27. The van der Waals surface area contributed by atoms with Crippen LogP contribution in [0.2, 0.25) is 0 Å². The standard InChI is InChI=1S/C25H28N2O4/c1-25(2,3)27(15-18-7-5-4-6-8-18)16-20-10-12-22(31-20)24(28)26-14-19-9-11-21-23(13-19)30-17-29-21/h4-13H,14-17H2,1-3H3,(H,26,28)/p+1. The zero-order valence-electron chi connectivity index (χ0n) is 18.2. The number of rotatable bonds is 7. The number of hydrogen-bond donors (Lipinski definition) is 2. The molecule has 1 atom stereocenters. The number of quaternary nitrogens is 1. The lowest BCUT2D eigenvalue weighted by atomic mass is 10.0. The molecule has 2 N–H and O–H groups in total. The molecule has 0 spiro atoms. The fraction of sp³-hybridized carbons (Fsp3) is 0.320. The van der Waals surface area contributed by atoms with Crippen LogP contribution >= 0.6 is 0 Å². The number of carbonyl (C=O) groups excluding carboxylic acids is 1. The number of fused-ring (bicyclic) bond motifs is 1. The van der Waals surface area contributed by atoms with Crippen LogP contribution in [0.15, 0.2) is 65.1 Å². The minimum Gasteiger partial charge on any atom is -0.454 e. The molecule has 1 unspecified atom stereocenters. The van der Waals surface area contributed by atoms with Crippen LogP contribution in [0.1, 0.15) is 48.2 Å². The molecule has 6 heteroatoms. The topological polar surface area (TPSA) is 65.1 Å². The molecule has 0 aliphatic carbocycles. The predicted octanol–water partition coefficient (Wildman–Crippen LogP) is 3.32. The number of hydrogen-bond acceptors (Lipinski definition) is 4. The first-order valence-corrected chi connectivity index (χ1v) is 10.5. The van der Waals surface area contributed by atoms with E-state index in [0.717, 1.165) is 23.6 Å². The first-order chi connectivity index (χ1) is 14.9. The smallest absolute Gasteiger partial charge is 0.287 e. The summed E-state index contributed by atoms with van der Waals surface area (Å²) >= 11 is 0. The maximum atomic E-state index is 12.6. The highest BCUT2D eigenvalue weighted by Crippen LogP contribution is 2.32. The van der Waals surface area contributed by atoms with Crippen LogP contribution in [0.4, 0.5) is 0 Å². The van der Waals surface area contributed by atoms with Gasteiger partial charge in [-0.2, -0.15) is 0 Å². The first-order valence-electron chi connectivity index (χ1n) is 10.5. The van der Waals surface area contributed by atoms with E-state index in [1.807, 2.05) is 30.3 Å². The van der Waals surface area contributed by atoms with Crippen molar-refractivity contribution in [2.45, 2.75) is 45.9 Å². The van der Waals surface area contributed by atoms with E-state index in [1.165, 1.54) is 10.5 Å². The Hall–Kier alpha value is -3.25. The van der Waals surface area contributed by atoms with Crippen molar-refractivity contribution in [1.29, 1.82) is 0 Å². The molecule has 0 radical (unpaired) electrons. The summed E-state index contributed by atoms with van der Waals surface area (Å²) in [6, 6.07) is 19.7. The number of amides is 1. The number of ether oxygens (including phenoxy) is 2. The molecule has 0 saturated carbocycles. The molecule has 2 aromatic carbocycles. The Morgan fingerprint density at radius 1 is 0.935 bits per heavy atom. The number of nitrogens with one attached hydrogen (secondary N) is 2. The molecule has 1 aromatic heterocycles. The zero-order valence-corrected chi connectivity index (χ0v) is 18.2. The second-order valence-electron chi connectivity index (χ2n) is 8.83. The van der Waals surface area contributed by atoms with E-state index in [-0.39, 0.29) is 18.2 Å². The number of carbonyl (C=O) groups is 1. The van der Waals surface area contributed by atoms with Gasteiger partial charge in [-0.3, -0.25) is 4.79 Å². The molecule has 4 rings (SSSR count). The van der Waals surface area contributed by atoms with Crippen LogP contribution in [0, 0.1) is 0 Å². The van der Waals surface area contributed by atoms with Gasteiger partial charge in [0.05, 0.1) is 5.54 Å². The molecule has 0 fully saturated rings. The van der Waals surface area contributed by atoms with Crippen molar-refractivity contribution < 1.29 is 23.6 Å². The van der Waals surface area contributed by atoms with E-state index >= 15 is 0 Å². The van der Waals surface area contributed by atoms with E-state index in [2.05, 4.69) is 50.4 Å². The van der Waals surface area contributed by atoms with E-state index in [0.29, 0.717) is 24.6 Å². The highest BCUT2D eigenvalue weighted by atomic mass is 16.7. The lowest BCUT2D eigenvalue weighted by Crippen LogP contribution is -3.16. The van der Waals surface area contributed by atoms with Crippen LogP contribution in [-0.2, 0) is 19.6 Å². The normalized spacial score (nSPS) is 13.8. The highest BCUT2D eigenvalue weighted by molar-refractivity contribution is 5.91. The minimum atomic E-state index is -0.232. The van der Waals surface area contributed by atoms with E-state index in [1.54, 1.807) is 6.07 Å². The number of benzene rings is 2. The number of furan rings is 1. The summed E-state index contributed by atoms with van der Waals surface area (Å²) in [6.07, 6.45) is 0. The fourth-order valence-electron chi connectivity index (χ4n) is 3.56. The van der Waals surface area contributed by atoms with Crippen molar-refractivity contribution >= 4 is 5.91 Å². The van der Waals surface area contributed by atoms with Crippen molar-refractivity contribution in [3.8, 4) is 11.5 Å². The molecular weight excluding hydrogens is 392 g/mol. The average molecular weight is 422 g/mol. The summed E-state index contributed by atoms with van der Waals surface area (Å²) < 4.78 is 16.6. The summed E-state index contributed by atoms with van der Waals surface area (Å²) in [5.74, 6) is 2.32. The summed E-state index contributed by atoms with van der Waals surface area (Å²) in [4.78, 5) is 13.9. The zero-order chi connectivity index (χ0) is 21.8. The van der Waals surface area contributed by atoms with Crippen LogP contribution in [0.5, 0.6) is 11.5 Å². The second kappa shape index (κ2) is 8.86. The summed E-state index contributed by atoms with van der Waals surface area (Å²) in [5, 5.41) is 2.91. The third-order valence-corrected chi connectivity index (χ3v) is 5.48. The van der Waals surface area contributed by atoms with Gasteiger partial charge in [0.1, 0.15) is 13.1 Å². The molecule has 6 nitrogen and oxygen atoms in total. The second-order valence-corrected chi connectivity index (χ2v) is 8.83. The predicted molar refractivity (Wildman–Crippen MR) is 117 cm³/mol. The molecule has 1 aliphatic heterocycles. The molecule has 1 aliphatic rings. The third kappa shape index (κ3) is 5.27. The quantitative estimate of drug-likeness (QED) is 0.614. The Morgan fingerprint density at radius 3 is 2.48 bits per heavy atom.